The summed E-state index contributed by atoms with van der Waals surface area (Å²) >= 11 is 0. The van der Waals surface area contributed by atoms with E-state index in [1.165, 1.54) is 0 Å². The van der Waals surface area contributed by atoms with Crippen molar-refractivity contribution in [2.45, 2.75) is 13.0 Å². The maximum absolute atomic E-state index is 8.95. The molecule has 0 fully saturated rings. The van der Waals surface area contributed by atoms with Crippen molar-refractivity contribution in [2.75, 3.05) is 0 Å². The molecule has 1 aromatic rings. The second-order valence-electron chi connectivity index (χ2n) is 2.32. The van der Waals surface area contributed by atoms with E-state index in [0.29, 0.717) is 0 Å². The van der Waals surface area contributed by atoms with E-state index in [0.717, 1.165) is 5.56 Å². The van der Waals surface area contributed by atoms with Crippen molar-refractivity contribution < 1.29 is 5.11 Å². The van der Waals surface area contributed by atoms with Crippen LogP contribution in [0.5, 0.6) is 0 Å². The van der Waals surface area contributed by atoms with Gasteiger partial charge in [0.25, 0.3) is 0 Å². The Morgan fingerprint density at radius 1 is 1.30 bits per heavy atom. The predicted molar refractivity (Wildman–Crippen MR) is 41.5 cm³/mol. The fourth-order valence-electron chi connectivity index (χ4n) is 0.843. The molecule has 1 N–H and O–H groups in total. The molecule has 0 aliphatic heterocycles. The van der Waals surface area contributed by atoms with Crippen molar-refractivity contribution in [3.05, 3.63) is 42.3 Å². The van der Waals surface area contributed by atoms with Gasteiger partial charge in [0, 0.05) is 6.42 Å². The van der Waals surface area contributed by atoms with Crippen molar-refractivity contribution in [1.29, 1.82) is 0 Å². The van der Waals surface area contributed by atoms with E-state index in [-0.39, 0.29) is 6.10 Å². The lowest BCUT2D eigenvalue weighted by Crippen LogP contribution is -2.00. The second kappa shape index (κ2) is 3.37. The molecule has 0 aliphatic rings. The zero-order chi connectivity index (χ0) is 7.40. The van der Waals surface area contributed by atoms with Gasteiger partial charge in [-0.1, -0.05) is 30.3 Å². The van der Waals surface area contributed by atoms with Crippen LogP contribution in [0.25, 0.3) is 0 Å². The van der Waals surface area contributed by atoms with Gasteiger partial charge in [-0.3, -0.25) is 0 Å². The highest BCUT2D eigenvalue weighted by Gasteiger charge is 1.96. The second-order valence-corrected chi connectivity index (χ2v) is 2.32. The first-order valence-corrected chi connectivity index (χ1v) is 3.37. The van der Waals surface area contributed by atoms with Crippen molar-refractivity contribution in [3.8, 4) is 0 Å². The third-order valence-electron chi connectivity index (χ3n) is 1.23. The van der Waals surface area contributed by atoms with Gasteiger partial charge in [-0.05, 0) is 12.5 Å². The van der Waals surface area contributed by atoms with Gasteiger partial charge in [-0.2, -0.15) is 0 Å². The maximum Gasteiger partial charge on any atom is 0.0587 e. The van der Waals surface area contributed by atoms with Crippen molar-refractivity contribution in [3.63, 3.8) is 0 Å². The Bertz CT molecular complexity index is 179. The maximum atomic E-state index is 8.95. The number of aliphatic hydroxyl groups excluding tert-OH is 1. The Hall–Kier alpha value is -0.820. The molecular weight excluding hydrogens is 124 g/mol. The van der Waals surface area contributed by atoms with Crippen LogP contribution in [-0.2, 0) is 0 Å². The van der Waals surface area contributed by atoms with Crippen LogP contribution >= 0.6 is 0 Å². The average Bonchev–Trinajstić information content (AvgIpc) is 1.88. The van der Waals surface area contributed by atoms with Gasteiger partial charge in [0.2, 0.25) is 0 Å². The summed E-state index contributed by atoms with van der Waals surface area (Å²) in [5.74, 6) is 0. The van der Waals surface area contributed by atoms with Crippen molar-refractivity contribution in [2.24, 2.45) is 0 Å². The summed E-state index contributed by atoms with van der Waals surface area (Å²) < 4.78 is 0. The first kappa shape index (κ1) is 7.29. The first-order chi connectivity index (χ1) is 4.79. The smallest absolute Gasteiger partial charge is 0.0587 e. The van der Waals surface area contributed by atoms with E-state index in [1.807, 2.05) is 30.3 Å². The molecule has 53 valence electrons. The molecular formula is C9H11O. The van der Waals surface area contributed by atoms with Crippen LogP contribution < -0.4 is 0 Å². The van der Waals surface area contributed by atoms with Gasteiger partial charge in [-0.15, -0.1) is 0 Å². The lowest BCUT2D eigenvalue weighted by Gasteiger charge is -2.01. The fourth-order valence-corrected chi connectivity index (χ4v) is 0.843. The quantitative estimate of drug-likeness (QED) is 0.653. The molecule has 1 rings (SSSR count). The third-order valence-corrected chi connectivity index (χ3v) is 1.23. The minimum Gasteiger partial charge on any atom is -0.393 e. The largest absolute Gasteiger partial charge is 0.393 e. The van der Waals surface area contributed by atoms with E-state index in [1.54, 1.807) is 13.3 Å². The van der Waals surface area contributed by atoms with Crippen LogP contribution in [0.3, 0.4) is 0 Å². The Morgan fingerprint density at radius 3 is 2.40 bits per heavy atom. The molecule has 0 unspecified atom stereocenters. The summed E-state index contributed by atoms with van der Waals surface area (Å²) in [6.07, 6.45) is 1.45. The molecule has 1 nitrogen and oxygen atoms in total. The van der Waals surface area contributed by atoms with Gasteiger partial charge in [0.05, 0.1) is 6.10 Å². The molecule has 10 heavy (non-hydrogen) atoms. The summed E-state index contributed by atoms with van der Waals surface area (Å²) in [5.41, 5.74) is 1.07. The van der Waals surface area contributed by atoms with Crippen LogP contribution in [0.1, 0.15) is 12.5 Å². The average molecular weight is 135 g/mol. The number of aliphatic hydroxyl groups is 1. The van der Waals surface area contributed by atoms with Crippen LogP contribution in [0.15, 0.2) is 30.3 Å². The number of benzene rings is 1. The summed E-state index contributed by atoms with van der Waals surface area (Å²) in [7, 11) is 0. The topological polar surface area (TPSA) is 20.2 Å². The molecule has 0 saturated heterocycles. The van der Waals surface area contributed by atoms with E-state index >= 15 is 0 Å². The van der Waals surface area contributed by atoms with Crippen LogP contribution in [0.4, 0.5) is 0 Å². The number of hydrogen-bond donors (Lipinski definition) is 1. The number of hydrogen-bond acceptors (Lipinski definition) is 1. The Labute approximate surface area is 61.3 Å². The zero-order valence-corrected chi connectivity index (χ0v) is 5.99. The monoisotopic (exact) mass is 135 g/mol. The summed E-state index contributed by atoms with van der Waals surface area (Å²) in [5, 5.41) is 8.95. The van der Waals surface area contributed by atoms with E-state index in [2.05, 4.69) is 0 Å². The summed E-state index contributed by atoms with van der Waals surface area (Å²) in [6.45, 7) is 1.74. The minimum absolute atomic E-state index is 0.359. The fraction of sp³-hybridized carbons (Fsp3) is 0.222. The van der Waals surface area contributed by atoms with Gasteiger partial charge in [0.1, 0.15) is 0 Å². The zero-order valence-electron chi connectivity index (χ0n) is 5.99. The molecule has 0 heterocycles. The predicted octanol–water partition coefficient (Wildman–Crippen LogP) is 1.62. The lowest BCUT2D eigenvalue weighted by molar-refractivity contribution is 0.231. The van der Waals surface area contributed by atoms with Crippen LogP contribution in [-0.4, -0.2) is 11.2 Å². The molecule has 0 aromatic heterocycles. The molecule has 0 bridgehead atoms. The van der Waals surface area contributed by atoms with Gasteiger partial charge < -0.3 is 5.11 Å². The standard InChI is InChI=1S/C9H11O/c1-8(10)7-9-5-3-2-4-6-9/h2-8,10H,1H3/t8-/m1/s1. The molecule has 0 spiro atoms. The highest BCUT2D eigenvalue weighted by molar-refractivity contribution is 5.23. The molecule has 0 aliphatic carbocycles. The Kier molecular flexibility index (Phi) is 2.46. The molecule has 1 atom stereocenters. The highest BCUT2D eigenvalue weighted by atomic mass is 16.3. The van der Waals surface area contributed by atoms with Gasteiger partial charge in [-0.25, -0.2) is 0 Å². The SMILES string of the molecule is C[C@@H](O)[CH]c1ccccc1. The normalized spacial score (nSPS) is 13.0. The Morgan fingerprint density at radius 2 is 1.90 bits per heavy atom. The van der Waals surface area contributed by atoms with Gasteiger partial charge >= 0.3 is 0 Å². The van der Waals surface area contributed by atoms with Crippen LogP contribution in [0.2, 0.25) is 0 Å². The molecule has 1 aromatic carbocycles. The minimum atomic E-state index is -0.359. The lowest BCUT2D eigenvalue weighted by atomic mass is 10.1. The summed E-state index contributed by atoms with van der Waals surface area (Å²) in [6, 6.07) is 9.79. The highest BCUT2D eigenvalue weighted by Crippen LogP contribution is 2.03. The van der Waals surface area contributed by atoms with E-state index in [4.69, 9.17) is 5.11 Å². The van der Waals surface area contributed by atoms with E-state index in [9.17, 15) is 0 Å². The molecule has 1 radical (unpaired) electrons. The summed E-state index contributed by atoms with van der Waals surface area (Å²) in [4.78, 5) is 0. The van der Waals surface area contributed by atoms with E-state index < -0.39 is 0 Å². The van der Waals surface area contributed by atoms with Crippen molar-refractivity contribution >= 4 is 0 Å². The van der Waals surface area contributed by atoms with Crippen LogP contribution in [0, 0.1) is 6.42 Å². The molecule has 1 heteroatoms. The van der Waals surface area contributed by atoms with Crippen molar-refractivity contribution in [1.82, 2.24) is 0 Å². The third kappa shape index (κ3) is 2.19. The first-order valence-electron chi connectivity index (χ1n) is 3.37. The van der Waals surface area contributed by atoms with Gasteiger partial charge in [0.15, 0.2) is 0 Å². The molecule has 0 amide bonds. The number of rotatable bonds is 2. The Balaban J connectivity index is 2.59. The molecule has 0 saturated carbocycles.